The third kappa shape index (κ3) is 3.93. The molecule has 0 atom stereocenters. The summed E-state index contributed by atoms with van der Waals surface area (Å²) in [4.78, 5) is 0. The van der Waals surface area contributed by atoms with Crippen LogP contribution in [0.25, 0.3) is 16.4 Å². The number of methoxy groups -OCH3 is 1. The van der Waals surface area contributed by atoms with Crippen LogP contribution < -0.4 is 14.9 Å². The minimum Gasteiger partial charge on any atom is -0.493 e. The van der Waals surface area contributed by atoms with E-state index in [2.05, 4.69) is 25.8 Å². The molecule has 0 amide bonds. The lowest BCUT2D eigenvalue weighted by atomic mass is 10.2. The van der Waals surface area contributed by atoms with Crippen molar-refractivity contribution in [1.82, 2.24) is 19.8 Å². The zero-order valence-corrected chi connectivity index (χ0v) is 17.3. The van der Waals surface area contributed by atoms with Gasteiger partial charge < -0.3 is 9.47 Å². The Balaban J connectivity index is 1.34. The minimum absolute atomic E-state index is 0.469. The normalized spacial score (nSPS) is 11.3. The monoisotopic (exact) mass is 424 g/mol. The summed E-state index contributed by atoms with van der Waals surface area (Å²) in [5, 5.41) is 18.8. The molecule has 0 bridgehead atoms. The molecule has 1 N–H and O–H groups in total. The molecule has 158 valence electrons. The van der Waals surface area contributed by atoms with Gasteiger partial charge in [0.25, 0.3) is 0 Å². The van der Waals surface area contributed by atoms with E-state index in [-0.39, 0.29) is 0 Å². The number of hydrogen-bond acceptors (Lipinski definition) is 7. The zero-order chi connectivity index (χ0) is 21.8. The predicted octanol–water partition coefficient (Wildman–Crippen LogP) is 4.31. The third-order valence-corrected chi connectivity index (χ3v) is 4.97. The summed E-state index contributed by atoms with van der Waals surface area (Å²) < 4.78 is 13.0. The van der Waals surface area contributed by atoms with Crippen LogP contribution in [0.1, 0.15) is 11.1 Å². The van der Waals surface area contributed by atoms with Gasteiger partial charge in [0.15, 0.2) is 23.0 Å². The van der Waals surface area contributed by atoms with Gasteiger partial charge in [0.2, 0.25) is 0 Å². The lowest BCUT2D eigenvalue weighted by Gasteiger charge is -2.11. The Morgan fingerprint density at radius 3 is 2.62 bits per heavy atom. The Morgan fingerprint density at radius 2 is 1.78 bits per heavy atom. The van der Waals surface area contributed by atoms with Crippen molar-refractivity contribution in [2.75, 3.05) is 12.5 Å². The van der Waals surface area contributed by atoms with Gasteiger partial charge in [-0.05, 0) is 29.3 Å². The highest BCUT2D eigenvalue weighted by Gasteiger charge is 2.09. The third-order valence-electron chi connectivity index (χ3n) is 4.97. The first-order valence-electron chi connectivity index (χ1n) is 10.0. The number of ether oxygens (including phenoxy) is 2. The Hall–Kier alpha value is -4.46. The summed E-state index contributed by atoms with van der Waals surface area (Å²) in [6.45, 7) is 0.469. The van der Waals surface area contributed by atoms with Crippen molar-refractivity contribution >= 4 is 28.5 Å². The molecule has 8 nitrogen and oxygen atoms in total. The average molecular weight is 424 g/mol. The molecule has 0 aliphatic heterocycles. The summed E-state index contributed by atoms with van der Waals surface area (Å²) in [7, 11) is 1.62. The predicted molar refractivity (Wildman–Crippen MR) is 123 cm³/mol. The molecule has 5 aromatic rings. The highest BCUT2D eigenvalue weighted by molar-refractivity contribution is 5.99. The highest BCUT2D eigenvalue weighted by atomic mass is 16.5. The SMILES string of the molecule is COc1cc(C=NNc2nn3cnnc3c3ccccc23)ccc1OCc1ccccc1. The van der Waals surface area contributed by atoms with Crippen molar-refractivity contribution in [3.8, 4) is 11.5 Å². The van der Waals surface area contributed by atoms with E-state index in [0.29, 0.717) is 29.6 Å². The van der Waals surface area contributed by atoms with E-state index in [4.69, 9.17) is 9.47 Å². The number of hydrogen-bond donors (Lipinski definition) is 1. The lowest BCUT2D eigenvalue weighted by molar-refractivity contribution is 0.284. The fraction of sp³-hybridized carbons (Fsp3) is 0.0833. The smallest absolute Gasteiger partial charge is 0.185 e. The molecule has 3 aromatic carbocycles. The Labute approximate surface area is 184 Å². The molecular weight excluding hydrogens is 404 g/mol. The number of hydrazone groups is 1. The molecule has 0 fully saturated rings. The van der Waals surface area contributed by atoms with Crippen LogP contribution in [0.3, 0.4) is 0 Å². The van der Waals surface area contributed by atoms with E-state index in [1.807, 2.05) is 72.8 Å². The fourth-order valence-electron chi connectivity index (χ4n) is 3.40. The first-order valence-corrected chi connectivity index (χ1v) is 10.0. The summed E-state index contributed by atoms with van der Waals surface area (Å²) >= 11 is 0. The first-order chi connectivity index (χ1) is 15.8. The second kappa shape index (κ2) is 8.73. The largest absolute Gasteiger partial charge is 0.493 e. The Bertz CT molecular complexity index is 1400. The zero-order valence-electron chi connectivity index (χ0n) is 17.3. The van der Waals surface area contributed by atoms with Gasteiger partial charge in [-0.2, -0.15) is 9.62 Å². The van der Waals surface area contributed by atoms with E-state index < -0.39 is 0 Å². The van der Waals surface area contributed by atoms with Crippen molar-refractivity contribution in [3.63, 3.8) is 0 Å². The number of nitrogens with one attached hydrogen (secondary N) is 1. The van der Waals surface area contributed by atoms with Gasteiger partial charge in [0.05, 0.1) is 13.3 Å². The number of aromatic nitrogens is 4. The van der Waals surface area contributed by atoms with Crippen LogP contribution in [0, 0.1) is 0 Å². The maximum atomic E-state index is 5.91. The average Bonchev–Trinajstić information content (AvgIpc) is 3.32. The quantitative estimate of drug-likeness (QED) is 0.309. The number of fused-ring (bicyclic) bond motifs is 3. The van der Waals surface area contributed by atoms with Gasteiger partial charge in [-0.3, -0.25) is 5.43 Å². The van der Waals surface area contributed by atoms with Gasteiger partial charge in [-0.25, -0.2) is 0 Å². The van der Waals surface area contributed by atoms with Gasteiger partial charge in [0, 0.05) is 10.8 Å². The van der Waals surface area contributed by atoms with Crippen molar-refractivity contribution in [2.45, 2.75) is 6.61 Å². The summed E-state index contributed by atoms with van der Waals surface area (Å²) in [6.07, 6.45) is 3.27. The maximum Gasteiger partial charge on any atom is 0.185 e. The van der Waals surface area contributed by atoms with E-state index >= 15 is 0 Å². The molecule has 2 heterocycles. The number of anilines is 1. The number of rotatable bonds is 7. The molecule has 8 heteroatoms. The van der Waals surface area contributed by atoms with Crippen LogP contribution in [-0.2, 0) is 6.61 Å². The molecule has 2 aromatic heterocycles. The molecule has 0 radical (unpaired) electrons. The molecule has 0 saturated heterocycles. The molecular formula is C24H20N6O2. The van der Waals surface area contributed by atoms with Crippen LogP contribution in [0.15, 0.2) is 84.2 Å². The second-order valence-electron chi connectivity index (χ2n) is 7.05. The van der Waals surface area contributed by atoms with Gasteiger partial charge in [0.1, 0.15) is 12.9 Å². The minimum atomic E-state index is 0.469. The molecule has 5 rings (SSSR count). The maximum absolute atomic E-state index is 5.91. The van der Waals surface area contributed by atoms with E-state index in [0.717, 1.165) is 21.9 Å². The van der Waals surface area contributed by atoms with Gasteiger partial charge in [-0.15, -0.1) is 15.3 Å². The van der Waals surface area contributed by atoms with Crippen LogP contribution in [-0.4, -0.2) is 33.1 Å². The van der Waals surface area contributed by atoms with Crippen LogP contribution in [0.2, 0.25) is 0 Å². The van der Waals surface area contributed by atoms with E-state index in [1.165, 1.54) is 0 Å². The summed E-state index contributed by atoms with van der Waals surface area (Å²) in [6, 6.07) is 23.5. The van der Waals surface area contributed by atoms with Crippen molar-refractivity contribution < 1.29 is 9.47 Å². The molecule has 0 spiro atoms. The van der Waals surface area contributed by atoms with E-state index in [9.17, 15) is 0 Å². The molecule has 0 unspecified atom stereocenters. The fourth-order valence-corrected chi connectivity index (χ4v) is 3.40. The van der Waals surface area contributed by atoms with Gasteiger partial charge in [-0.1, -0.05) is 54.6 Å². The standard InChI is InChI=1S/C24H20N6O2/c1-31-22-13-18(11-12-21(22)32-15-17-7-3-2-4-8-17)14-25-27-23-19-9-5-6-10-20(19)24-28-26-16-30(24)29-23/h2-14,16H,15H2,1H3,(H,27,29). The van der Waals surface area contributed by atoms with E-state index in [1.54, 1.807) is 24.2 Å². The highest BCUT2D eigenvalue weighted by Crippen LogP contribution is 2.28. The van der Waals surface area contributed by atoms with Crippen molar-refractivity contribution in [1.29, 1.82) is 0 Å². The number of benzene rings is 3. The topological polar surface area (TPSA) is 85.9 Å². The first kappa shape index (κ1) is 19.5. The lowest BCUT2D eigenvalue weighted by Crippen LogP contribution is -2.01. The Morgan fingerprint density at radius 1 is 0.969 bits per heavy atom. The van der Waals surface area contributed by atoms with Crippen molar-refractivity contribution in [3.05, 3.63) is 90.3 Å². The molecule has 32 heavy (non-hydrogen) atoms. The molecule has 0 aliphatic rings. The summed E-state index contributed by atoms with van der Waals surface area (Å²) in [5.74, 6) is 1.92. The van der Waals surface area contributed by atoms with Crippen LogP contribution in [0.4, 0.5) is 5.82 Å². The molecule has 0 aliphatic carbocycles. The van der Waals surface area contributed by atoms with Gasteiger partial charge >= 0.3 is 0 Å². The Kier molecular flexibility index (Phi) is 5.32. The second-order valence-corrected chi connectivity index (χ2v) is 7.05. The van der Waals surface area contributed by atoms with Crippen LogP contribution in [0.5, 0.6) is 11.5 Å². The molecule has 0 saturated carbocycles. The van der Waals surface area contributed by atoms with Crippen LogP contribution >= 0.6 is 0 Å². The van der Waals surface area contributed by atoms with Crippen molar-refractivity contribution in [2.24, 2.45) is 5.10 Å². The summed E-state index contributed by atoms with van der Waals surface area (Å²) in [5.41, 5.74) is 5.68. The number of nitrogens with zero attached hydrogens (tertiary/aromatic N) is 5.